The number of ether oxygens (including phenoxy) is 2. The highest BCUT2D eigenvalue weighted by molar-refractivity contribution is 5.76. The number of hydrogen-bond acceptors (Lipinski definition) is 5. The van der Waals surface area contributed by atoms with Gasteiger partial charge in [-0.15, -0.1) is 0 Å². The molecule has 0 aromatic carbocycles. The van der Waals surface area contributed by atoms with Crippen LogP contribution in [0.2, 0.25) is 0 Å². The van der Waals surface area contributed by atoms with Gasteiger partial charge >= 0.3 is 6.09 Å². The molecule has 2 N–H and O–H groups in total. The van der Waals surface area contributed by atoms with Gasteiger partial charge in [0, 0.05) is 18.4 Å². The van der Waals surface area contributed by atoms with E-state index in [1.165, 1.54) is 0 Å². The Morgan fingerprint density at radius 3 is 2.38 bits per heavy atom. The molecule has 0 aromatic heterocycles. The molecule has 3 unspecified atom stereocenters. The summed E-state index contributed by atoms with van der Waals surface area (Å²) in [5, 5.41) is 12.5. The highest BCUT2D eigenvalue weighted by Crippen LogP contribution is 2.31. The Bertz CT molecular complexity index is 505. The van der Waals surface area contributed by atoms with Crippen LogP contribution in [0, 0.1) is 5.92 Å². The summed E-state index contributed by atoms with van der Waals surface area (Å²) in [5.41, 5.74) is 0.206. The fourth-order valence-corrected chi connectivity index (χ4v) is 3.25. The largest absolute Gasteiger partial charge is 0.444 e. The maximum Gasteiger partial charge on any atom is 0.407 e. The molecule has 0 saturated carbocycles. The van der Waals surface area contributed by atoms with Crippen LogP contribution in [0.4, 0.5) is 4.79 Å². The second kappa shape index (κ2) is 10.1. The number of alkyl carbamates (subject to hydrolysis) is 1. The van der Waals surface area contributed by atoms with E-state index in [1.807, 2.05) is 6.08 Å². The SMILES string of the molecule is CCC(CC)OC1C=C(CO)CC(NC(=O)OC(C)(C)C)C1CC(C)=O. The number of Topliss-reactive ketones (excluding diaryl/α,β-unsaturated/α-hetero) is 1. The van der Waals surface area contributed by atoms with E-state index < -0.39 is 11.7 Å². The van der Waals surface area contributed by atoms with Gasteiger partial charge in [0.1, 0.15) is 11.4 Å². The number of ketones is 1. The lowest BCUT2D eigenvalue weighted by atomic mass is 9.80. The first-order chi connectivity index (χ1) is 12.1. The standard InChI is InChI=1S/C20H35NO5/c1-7-15(8-2)25-18-11-14(12-22)10-17(16(18)9-13(3)23)21-19(24)26-20(4,5)6/h11,15-18,22H,7-10,12H2,1-6H3,(H,21,24). The van der Waals surface area contributed by atoms with Gasteiger partial charge in [-0.2, -0.15) is 0 Å². The van der Waals surface area contributed by atoms with Gasteiger partial charge in [-0.05, 0) is 52.5 Å². The molecule has 6 nitrogen and oxygen atoms in total. The Labute approximate surface area is 157 Å². The fraction of sp³-hybridized carbons (Fsp3) is 0.800. The van der Waals surface area contributed by atoms with Crippen molar-refractivity contribution in [2.45, 2.75) is 91.1 Å². The molecule has 0 spiro atoms. The van der Waals surface area contributed by atoms with Gasteiger partial charge in [-0.3, -0.25) is 0 Å². The van der Waals surface area contributed by atoms with Crippen molar-refractivity contribution in [1.29, 1.82) is 0 Å². The maximum atomic E-state index is 12.3. The normalized spacial score (nSPS) is 23.5. The number of carbonyl (C=O) groups is 2. The molecule has 1 amide bonds. The van der Waals surface area contributed by atoms with E-state index >= 15 is 0 Å². The van der Waals surface area contributed by atoms with Crippen LogP contribution in [0.15, 0.2) is 11.6 Å². The molecule has 0 radical (unpaired) electrons. The monoisotopic (exact) mass is 369 g/mol. The van der Waals surface area contributed by atoms with Crippen LogP contribution in [0.25, 0.3) is 0 Å². The minimum Gasteiger partial charge on any atom is -0.444 e. The van der Waals surface area contributed by atoms with Crippen molar-refractivity contribution >= 4 is 11.9 Å². The summed E-state index contributed by atoms with van der Waals surface area (Å²) in [7, 11) is 0. The minimum absolute atomic E-state index is 0.0463. The molecule has 1 rings (SSSR count). The number of aliphatic hydroxyl groups is 1. The van der Waals surface area contributed by atoms with Gasteiger partial charge in [0.2, 0.25) is 0 Å². The van der Waals surface area contributed by atoms with Crippen LogP contribution in [0.5, 0.6) is 0 Å². The van der Waals surface area contributed by atoms with Crippen molar-refractivity contribution in [3.8, 4) is 0 Å². The first-order valence-corrected chi connectivity index (χ1v) is 9.54. The van der Waals surface area contributed by atoms with E-state index in [-0.39, 0.29) is 36.6 Å². The number of hydrogen-bond donors (Lipinski definition) is 2. The summed E-state index contributed by atoms with van der Waals surface area (Å²) >= 11 is 0. The number of aliphatic hydroxyl groups excluding tert-OH is 1. The summed E-state index contributed by atoms with van der Waals surface area (Å²) in [5.74, 6) is -0.138. The Hall–Kier alpha value is -1.40. The minimum atomic E-state index is -0.601. The van der Waals surface area contributed by atoms with Gasteiger partial charge < -0.3 is 24.7 Å². The molecule has 0 heterocycles. The molecule has 26 heavy (non-hydrogen) atoms. The van der Waals surface area contributed by atoms with Crippen LogP contribution < -0.4 is 5.32 Å². The Morgan fingerprint density at radius 1 is 1.31 bits per heavy atom. The van der Waals surface area contributed by atoms with Gasteiger partial charge in [-0.1, -0.05) is 19.9 Å². The van der Waals surface area contributed by atoms with Crippen LogP contribution >= 0.6 is 0 Å². The molecule has 0 aliphatic heterocycles. The first kappa shape index (κ1) is 22.6. The van der Waals surface area contributed by atoms with E-state index in [4.69, 9.17) is 9.47 Å². The lowest BCUT2D eigenvalue weighted by Gasteiger charge is -2.38. The summed E-state index contributed by atoms with van der Waals surface area (Å²) in [6.07, 6.45) is 3.68. The van der Waals surface area contributed by atoms with Gasteiger partial charge in [0.15, 0.2) is 0 Å². The van der Waals surface area contributed by atoms with Crippen molar-refractivity contribution in [3.63, 3.8) is 0 Å². The predicted molar refractivity (Wildman–Crippen MR) is 101 cm³/mol. The van der Waals surface area contributed by atoms with Gasteiger partial charge in [0.25, 0.3) is 0 Å². The third-order valence-corrected chi connectivity index (χ3v) is 4.51. The zero-order chi connectivity index (χ0) is 19.9. The molecule has 150 valence electrons. The van der Waals surface area contributed by atoms with E-state index in [0.717, 1.165) is 18.4 Å². The molecule has 6 heteroatoms. The van der Waals surface area contributed by atoms with Crippen molar-refractivity contribution < 1.29 is 24.2 Å². The Kier molecular flexibility index (Phi) is 8.77. The van der Waals surface area contributed by atoms with E-state index in [9.17, 15) is 14.7 Å². The number of nitrogens with one attached hydrogen (secondary N) is 1. The second-order valence-corrected chi connectivity index (χ2v) is 8.05. The fourth-order valence-electron chi connectivity index (χ4n) is 3.25. The zero-order valence-electron chi connectivity index (χ0n) is 17.0. The maximum absolute atomic E-state index is 12.3. The van der Waals surface area contributed by atoms with Crippen LogP contribution in [0.3, 0.4) is 0 Å². The van der Waals surface area contributed by atoms with E-state index in [1.54, 1.807) is 27.7 Å². The summed E-state index contributed by atoms with van der Waals surface area (Å²) in [6, 6.07) is -0.319. The van der Waals surface area contributed by atoms with E-state index in [2.05, 4.69) is 19.2 Å². The number of rotatable bonds is 8. The number of carbonyl (C=O) groups excluding carboxylic acids is 2. The Morgan fingerprint density at radius 2 is 1.92 bits per heavy atom. The van der Waals surface area contributed by atoms with Crippen LogP contribution in [0.1, 0.15) is 67.2 Å². The first-order valence-electron chi connectivity index (χ1n) is 9.54. The second-order valence-electron chi connectivity index (χ2n) is 8.05. The van der Waals surface area contributed by atoms with Crippen molar-refractivity contribution in [2.75, 3.05) is 6.61 Å². The molecule has 0 saturated heterocycles. The summed E-state index contributed by atoms with van der Waals surface area (Å²) in [4.78, 5) is 24.1. The summed E-state index contributed by atoms with van der Waals surface area (Å²) < 4.78 is 11.6. The molecular weight excluding hydrogens is 334 g/mol. The average Bonchev–Trinajstić information content (AvgIpc) is 2.52. The quantitative estimate of drug-likeness (QED) is 0.641. The third kappa shape index (κ3) is 7.46. The van der Waals surface area contributed by atoms with Gasteiger partial charge in [-0.25, -0.2) is 4.79 Å². The lowest BCUT2D eigenvalue weighted by Crippen LogP contribution is -2.50. The third-order valence-electron chi connectivity index (χ3n) is 4.51. The van der Waals surface area contributed by atoms with Crippen molar-refractivity contribution in [1.82, 2.24) is 5.32 Å². The molecule has 0 bridgehead atoms. The molecule has 0 fully saturated rings. The van der Waals surface area contributed by atoms with Crippen molar-refractivity contribution in [2.24, 2.45) is 5.92 Å². The predicted octanol–water partition coefficient (Wildman–Crippen LogP) is 3.37. The molecule has 1 aliphatic rings. The summed E-state index contributed by atoms with van der Waals surface area (Å²) in [6.45, 7) is 11.0. The van der Waals surface area contributed by atoms with Crippen LogP contribution in [-0.4, -0.2) is 47.4 Å². The van der Waals surface area contributed by atoms with E-state index in [0.29, 0.717) is 12.8 Å². The lowest BCUT2D eigenvalue weighted by molar-refractivity contribution is -0.120. The molecule has 3 atom stereocenters. The highest BCUT2D eigenvalue weighted by Gasteiger charge is 2.37. The number of amides is 1. The topological polar surface area (TPSA) is 84.9 Å². The zero-order valence-corrected chi connectivity index (χ0v) is 17.0. The van der Waals surface area contributed by atoms with Gasteiger partial charge in [0.05, 0.1) is 18.8 Å². The van der Waals surface area contributed by atoms with Crippen LogP contribution in [-0.2, 0) is 14.3 Å². The molecule has 1 aliphatic carbocycles. The average molecular weight is 370 g/mol. The molecular formula is C20H35NO5. The van der Waals surface area contributed by atoms with Crippen molar-refractivity contribution in [3.05, 3.63) is 11.6 Å². The smallest absolute Gasteiger partial charge is 0.407 e. The Balaban J connectivity index is 3.03. The molecule has 0 aromatic rings. The highest BCUT2D eigenvalue weighted by atomic mass is 16.6.